The lowest BCUT2D eigenvalue weighted by Gasteiger charge is -2.08. The van der Waals surface area contributed by atoms with Crippen LogP contribution in [0.15, 0.2) is 17.3 Å². The molecule has 0 saturated carbocycles. The summed E-state index contributed by atoms with van der Waals surface area (Å²) in [6.07, 6.45) is 1.85. The highest BCUT2D eigenvalue weighted by Crippen LogP contribution is 2.05. The molecule has 78 valence electrons. The van der Waals surface area contributed by atoms with Crippen LogP contribution in [0.2, 0.25) is 0 Å². The van der Waals surface area contributed by atoms with E-state index >= 15 is 0 Å². The molecule has 0 unspecified atom stereocenters. The van der Waals surface area contributed by atoms with E-state index in [1.807, 2.05) is 25.0 Å². The summed E-state index contributed by atoms with van der Waals surface area (Å²) in [5.74, 6) is 0.576. The Balaban J connectivity index is 2.55. The van der Waals surface area contributed by atoms with Crippen molar-refractivity contribution in [2.75, 3.05) is 20.6 Å². The van der Waals surface area contributed by atoms with E-state index in [4.69, 9.17) is 11.5 Å². The molecule has 0 fully saturated rings. The zero-order valence-corrected chi connectivity index (χ0v) is 8.51. The van der Waals surface area contributed by atoms with Crippen molar-refractivity contribution in [3.63, 3.8) is 0 Å². The Bertz CT molecular complexity index is 309. The Hall–Kier alpha value is -1.56. The van der Waals surface area contributed by atoms with Crippen LogP contribution in [0.3, 0.4) is 0 Å². The number of likely N-dealkylation sites (N-methyl/N-ethyl adjacent to an activating group) is 1. The SMILES string of the molecule is CN(C)CCn1ccc(N=C(N)N)n1. The zero-order chi connectivity index (χ0) is 10.6. The predicted octanol–water partition coefficient (Wildman–Crippen LogP) is -0.650. The van der Waals surface area contributed by atoms with Crippen LogP contribution in [0.5, 0.6) is 0 Å². The topological polar surface area (TPSA) is 85.5 Å². The number of rotatable bonds is 4. The second-order valence-corrected chi connectivity index (χ2v) is 3.28. The van der Waals surface area contributed by atoms with E-state index in [1.54, 1.807) is 6.07 Å². The minimum absolute atomic E-state index is 0.0304. The van der Waals surface area contributed by atoms with Gasteiger partial charge in [-0.1, -0.05) is 0 Å². The molecule has 0 aliphatic carbocycles. The molecule has 0 radical (unpaired) electrons. The van der Waals surface area contributed by atoms with Crippen LogP contribution >= 0.6 is 0 Å². The number of aromatic nitrogens is 2. The summed E-state index contributed by atoms with van der Waals surface area (Å²) >= 11 is 0. The van der Waals surface area contributed by atoms with Crippen molar-refractivity contribution in [3.8, 4) is 0 Å². The Labute approximate surface area is 83.2 Å². The minimum atomic E-state index is 0.0304. The standard InChI is InChI=1S/C8H16N6/c1-13(2)5-6-14-4-3-7(12-14)11-8(9)10/h3-4H,5-6H2,1-2H3,(H4,9,10,11,12). The van der Waals surface area contributed by atoms with Gasteiger partial charge in [0.05, 0.1) is 6.54 Å². The molecule has 1 aromatic rings. The summed E-state index contributed by atoms with van der Waals surface area (Å²) in [6, 6.07) is 1.77. The summed E-state index contributed by atoms with van der Waals surface area (Å²) in [7, 11) is 4.03. The number of aliphatic imine (C=N–C) groups is 1. The lowest BCUT2D eigenvalue weighted by Crippen LogP contribution is -2.22. The largest absolute Gasteiger partial charge is 0.370 e. The first-order chi connectivity index (χ1) is 6.58. The molecule has 1 aromatic heterocycles. The minimum Gasteiger partial charge on any atom is -0.370 e. The van der Waals surface area contributed by atoms with E-state index in [2.05, 4.69) is 15.0 Å². The van der Waals surface area contributed by atoms with E-state index < -0.39 is 0 Å². The highest BCUT2D eigenvalue weighted by molar-refractivity contribution is 5.78. The van der Waals surface area contributed by atoms with E-state index in [1.165, 1.54) is 0 Å². The van der Waals surface area contributed by atoms with Crippen LogP contribution in [0.4, 0.5) is 5.82 Å². The van der Waals surface area contributed by atoms with Crippen molar-refractivity contribution < 1.29 is 0 Å². The summed E-state index contributed by atoms with van der Waals surface area (Å²) in [4.78, 5) is 5.92. The van der Waals surface area contributed by atoms with Gasteiger partial charge in [0.1, 0.15) is 0 Å². The molecular weight excluding hydrogens is 180 g/mol. The van der Waals surface area contributed by atoms with Crippen molar-refractivity contribution in [1.29, 1.82) is 0 Å². The van der Waals surface area contributed by atoms with E-state index in [0.717, 1.165) is 13.1 Å². The molecule has 0 aliphatic heterocycles. The number of hydrogen-bond acceptors (Lipinski definition) is 3. The van der Waals surface area contributed by atoms with Gasteiger partial charge in [-0.15, -0.1) is 0 Å². The van der Waals surface area contributed by atoms with Crippen LogP contribution in [0, 0.1) is 0 Å². The van der Waals surface area contributed by atoms with Crippen LogP contribution in [-0.2, 0) is 6.54 Å². The predicted molar refractivity (Wildman–Crippen MR) is 56.3 cm³/mol. The summed E-state index contributed by atoms with van der Waals surface area (Å²) in [6.45, 7) is 1.76. The Kier molecular flexibility index (Phi) is 3.47. The number of hydrogen-bond donors (Lipinski definition) is 2. The van der Waals surface area contributed by atoms with Crippen LogP contribution in [0.1, 0.15) is 0 Å². The molecule has 1 rings (SSSR count). The van der Waals surface area contributed by atoms with Crippen molar-refractivity contribution in [1.82, 2.24) is 14.7 Å². The number of nitrogens with two attached hydrogens (primary N) is 2. The quantitative estimate of drug-likeness (QED) is 0.495. The Morgan fingerprint density at radius 1 is 1.57 bits per heavy atom. The van der Waals surface area contributed by atoms with Gasteiger partial charge in [0.15, 0.2) is 11.8 Å². The summed E-state index contributed by atoms with van der Waals surface area (Å²) < 4.78 is 1.81. The van der Waals surface area contributed by atoms with Gasteiger partial charge in [-0.25, -0.2) is 0 Å². The third kappa shape index (κ3) is 3.44. The maximum Gasteiger partial charge on any atom is 0.192 e. The molecule has 6 heteroatoms. The second kappa shape index (κ2) is 4.61. The molecule has 14 heavy (non-hydrogen) atoms. The lowest BCUT2D eigenvalue weighted by atomic mass is 10.6. The van der Waals surface area contributed by atoms with Gasteiger partial charge in [0.2, 0.25) is 0 Å². The van der Waals surface area contributed by atoms with Gasteiger partial charge in [-0.2, -0.15) is 10.1 Å². The molecule has 0 spiro atoms. The fourth-order valence-corrected chi connectivity index (χ4v) is 0.970. The molecule has 0 saturated heterocycles. The Morgan fingerprint density at radius 2 is 2.29 bits per heavy atom. The van der Waals surface area contributed by atoms with E-state index in [-0.39, 0.29) is 5.96 Å². The number of nitrogens with zero attached hydrogens (tertiary/aromatic N) is 4. The van der Waals surface area contributed by atoms with Crippen molar-refractivity contribution in [2.45, 2.75) is 6.54 Å². The smallest absolute Gasteiger partial charge is 0.192 e. The van der Waals surface area contributed by atoms with Gasteiger partial charge in [0.25, 0.3) is 0 Å². The first-order valence-electron chi connectivity index (χ1n) is 4.36. The van der Waals surface area contributed by atoms with Gasteiger partial charge < -0.3 is 16.4 Å². The molecule has 0 atom stereocenters. The van der Waals surface area contributed by atoms with E-state index in [9.17, 15) is 0 Å². The molecule has 0 aliphatic rings. The first kappa shape index (κ1) is 10.5. The molecule has 1 heterocycles. The average molecular weight is 196 g/mol. The highest BCUT2D eigenvalue weighted by atomic mass is 15.3. The molecule has 0 aromatic carbocycles. The Morgan fingerprint density at radius 3 is 2.86 bits per heavy atom. The van der Waals surface area contributed by atoms with Crippen molar-refractivity contribution in [2.24, 2.45) is 16.5 Å². The van der Waals surface area contributed by atoms with Crippen molar-refractivity contribution in [3.05, 3.63) is 12.3 Å². The maximum atomic E-state index is 5.23. The second-order valence-electron chi connectivity index (χ2n) is 3.28. The van der Waals surface area contributed by atoms with Gasteiger partial charge in [-0.3, -0.25) is 4.68 Å². The fourth-order valence-electron chi connectivity index (χ4n) is 0.970. The highest BCUT2D eigenvalue weighted by Gasteiger charge is 1.97. The summed E-state index contributed by atoms with van der Waals surface area (Å²) in [5, 5.41) is 4.16. The molecular formula is C8H16N6. The molecule has 6 nitrogen and oxygen atoms in total. The zero-order valence-electron chi connectivity index (χ0n) is 8.51. The van der Waals surface area contributed by atoms with Crippen molar-refractivity contribution >= 4 is 11.8 Å². The summed E-state index contributed by atoms with van der Waals surface area (Å²) in [5.41, 5.74) is 10.5. The van der Waals surface area contributed by atoms with E-state index in [0.29, 0.717) is 5.82 Å². The van der Waals surface area contributed by atoms with Crippen LogP contribution in [0.25, 0.3) is 0 Å². The fraction of sp³-hybridized carbons (Fsp3) is 0.500. The van der Waals surface area contributed by atoms with Gasteiger partial charge in [0, 0.05) is 18.8 Å². The monoisotopic (exact) mass is 196 g/mol. The van der Waals surface area contributed by atoms with Crippen LogP contribution < -0.4 is 11.5 Å². The average Bonchev–Trinajstić information content (AvgIpc) is 2.47. The van der Waals surface area contributed by atoms with Gasteiger partial charge >= 0.3 is 0 Å². The van der Waals surface area contributed by atoms with Gasteiger partial charge in [-0.05, 0) is 14.1 Å². The molecule has 0 bridgehead atoms. The number of guanidine groups is 1. The maximum absolute atomic E-state index is 5.23. The molecule has 4 N–H and O–H groups in total. The van der Waals surface area contributed by atoms with Crippen LogP contribution in [-0.4, -0.2) is 41.3 Å². The molecule has 0 amide bonds. The third-order valence-corrected chi connectivity index (χ3v) is 1.65. The lowest BCUT2D eigenvalue weighted by molar-refractivity contribution is 0.373. The first-order valence-corrected chi connectivity index (χ1v) is 4.36. The third-order valence-electron chi connectivity index (χ3n) is 1.65. The normalized spacial score (nSPS) is 10.5.